The predicted molar refractivity (Wildman–Crippen MR) is 61.6 cm³/mol. The molecule has 0 bridgehead atoms. The molecule has 0 aromatic carbocycles. The van der Waals surface area contributed by atoms with Crippen LogP contribution in [0, 0.1) is 0 Å². The smallest absolute Gasteiger partial charge is 0.104 e. The summed E-state index contributed by atoms with van der Waals surface area (Å²) in [4.78, 5) is 0. The molecule has 0 saturated carbocycles. The Morgan fingerprint density at radius 3 is 2.31 bits per heavy atom. The molecule has 2 rings (SSSR count). The predicted octanol–water partition coefficient (Wildman–Crippen LogP) is 1.40. The fourth-order valence-electron chi connectivity index (χ4n) is 1.01. The van der Waals surface area contributed by atoms with Crippen LogP contribution < -0.4 is 0 Å². The van der Waals surface area contributed by atoms with Crippen molar-refractivity contribution < 1.29 is 18.9 Å². The third-order valence-electron chi connectivity index (χ3n) is 2.03. The molecule has 0 aliphatic carbocycles. The van der Waals surface area contributed by atoms with Crippen LogP contribution in [0.1, 0.15) is 13.8 Å². The first-order valence-electron chi connectivity index (χ1n) is 5.75. The average Bonchev–Trinajstić information content (AvgIpc) is 3.11. The van der Waals surface area contributed by atoms with Crippen LogP contribution in [0.5, 0.6) is 0 Å². The highest BCUT2D eigenvalue weighted by Gasteiger charge is 2.24. The van der Waals surface area contributed by atoms with Crippen LogP contribution in [0.4, 0.5) is 0 Å². The number of rotatable bonds is 7. The summed E-state index contributed by atoms with van der Waals surface area (Å²) in [6.07, 6.45) is 2.59. The standard InChI is InChI=1S/C9H16O4.C3H6/c1-7(11-4-9-6-13-9)2-10-3-8-5-12-8;1-3-2/h7-9H,2-6H2,1H3;3H,1H2,2H3. The number of ether oxygens (including phenoxy) is 4. The minimum Gasteiger partial charge on any atom is -0.376 e. The maximum atomic E-state index is 5.48. The van der Waals surface area contributed by atoms with Crippen LogP contribution in [0.3, 0.4) is 0 Å². The minimum atomic E-state index is 0.156. The zero-order valence-corrected chi connectivity index (χ0v) is 10.2. The van der Waals surface area contributed by atoms with Crippen molar-refractivity contribution in [2.24, 2.45) is 0 Å². The van der Waals surface area contributed by atoms with Crippen LogP contribution >= 0.6 is 0 Å². The van der Waals surface area contributed by atoms with Gasteiger partial charge in [-0.25, -0.2) is 0 Å². The maximum absolute atomic E-state index is 5.48. The maximum Gasteiger partial charge on any atom is 0.104 e. The van der Waals surface area contributed by atoms with Crippen molar-refractivity contribution in [3.05, 3.63) is 12.7 Å². The Morgan fingerprint density at radius 2 is 1.81 bits per heavy atom. The van der Waals surface area contributed by atoms with Gasteiger partial charge in [0.25, 0.3) is 0 Å². The van der Waals surface area contributed by atoms with Crippen LogP contribution in [-0.4, -0.2) is 51.3 Å². The van der Waals surface area contributed by atoms with Crippen molar-refractivity contribution in [1.29, 1.82) is 0 Å². The zero-order chi connectivity index (χ0) is 11.8. The van der Waals surface area contributed by atoms with Crippen LogP contribution in [0.15, 0.2) is 12.7 Å². The van der Waals surface area contributed by atoms with E-state index >= 15 is 0 Å². The molecular weight excluding hydrogens is 208 g/mol. The molecule has 16 heavy (non-hydrogen) atoms. The first-order chi connectivity index (χ1) is 7.76. The van der Waals surface area contributed by atoms with E-state index in [9.17, 15) is 0 Å². The SMILES string of the molecule is C=CC.CC(COCC1CO1)OCC1CO1. The molecule has 0 radical (unpaired) electrons. The van der Waals surface area contributed by atoms with E-state index in [1.807, 2.05) is 13.8 Å². The van der Waals surface area contributed by atoms with Gasteiger partial charge in [0.2, 0.25) is 0 Å². The van der Waals surface area contributed by atoms with E-state index < -0.39 is 0 Å². The second kappa shape index (κ2) is 7.79. The lowest BCUT2D eigenvalue weighted by Crippen LogP contribution is -2.19. The lowest BCUT2D eigenvalue weighted by atomic mass is 10.4. The quantitative estimate of drug-likeness (QED) is 0.490. The number of hydrogen-bond donors (Lipinski definition) is 0. The molecule has 0 spiro atoms. The van der Waals surface area contributed by atoms with Gasteiger partial charge in [0, 0.05) is 0 Å². The first-order valence-corrected chi connectivity index (χ1v) is 5.75. The van der Waals surface area contributed by atoms with Crippen molar-refractivity contribution >= 4 is 0 Å². The molecule has 94 valence electrons. The van der Waals surface area contributed by atoms with Crippen LogP contribution in [0.2, 0.25) is 0 Å². The molecule has 2 fully saturated rings. The third kappa shape index (κ3) is 7.82. The van der Waals surface area contributed by atoms with Gasteiger partial charge >= 0.3 is 0 Å². The second-order valence-corrected chi connectivity index (χ2v) is 4.00. The molecule has 3 unspecified atom stereocenters. The van der Waals surface area contributed by atoms with Crippen molar-refractivity contribution in [3.63, 3.8) is 0 Å². The van der Waals surface area contributed by atoms with Crippen LogP contribution in [0.25, 0.3) is 0 Å². The highest BCUT2D eigenvalue weighted by molar-refractivity contribution is 4.69. The van der Waals surface area contributed by atoms with Crippen molar-refractivity contribution in [2.45, 2.75) is 32.2 Å². The lowest BCUT2D eigenvalue weighted by molar-refractivity contribution is -0.0146. The van der Waals surface area contributed by atoms with E-state index in [0.29, 0.717) is 32.0 Å². The molecule has 0 amide bonds. The third-order valence-corrected chi connectivity index (χ3v) is 2.03. The summed E-state index contributed by atoms with van der Waals surface area (Å²) in [6, 6.07) is 0. The molecule has 3 atom stereocenters. The Hall–Kier alpha value is -0.420. The molecule has 0 aromatic rings. The Labute approximate surface area is 97.5 Å². The fraction of sp³-hybridized carbons (Fsp3) is 0.833. The Morgan fingerprint density at radius 1 is 1.31 bits per heavy atom. The zero-order valence-electron chi connectivity index (χ0n) is 10.2. The van der Waals surface area contributed by atoms with Crippen LogP contribution in [-0.2, 0) is 18.9 Å². The van der Waals surface area contributed by atoms with Gasteiger partial charge in [-0.05, 0) is 13.8 Å². The monoisotopic (exact) mass is 230 g/mol. The summed E-state index contributed by atoms with van der Waals surface area (Å²) < 4.78 is 20.9. The van der Waals surface area contributed by atoms with E-state index in [0.717, 1.165) is 13.2 Å². The Balaban J connectivity index is 0.000000386. The Kier molecular flexibility index (Phi) is 6.64. The van der Waals surface area contributed by atoms with E-state index in [4.69, 9.17) is 18.9 Å². The van der Waals surface area contributed by atoms with Gasteiger partial charge in [0.15, 0.2) is 0 Å². The summed E-state index contributed by atoms with van der Waals surface area (Å²) in [5.41, 5.74) is 0. The molecule has 4 heteroatoms. The van der Waals surface area contributed by atoms with E-state index in [1.54, 1.807) is 6.08 Å². The molecule has 2 aliphatic heterocycles. The lowest BCUT2D eigenvalue weighted by Gasteiger charge is -2.11. The van der Waals surface area contributed by atoms with E-state index in [-0.39, 0.29) is 6.10 Å². The molecule has 0 aromatic heterocycles. The highest BCUT2D eigenvalue weighted by atomic mass is 16.6. The summed E-state index contributed by atoms with van der Waals surface area (Å²) in [5.74, 6) is 0. The van der Waals surface area contributed by atoms with E-state index in [1.165, 1.54) is 0 Å². The van der Waals surface area contributed by atoms with Crippen molar-refractivity contribution in [3.8, 4) is 0 Å². The van der Waals surface area contributed by atoms with Gasteiger partial charge in [-0.3, -0.25) is 0 Å². The summed E-state index contributed by atoms with van der Waals surface area (Å²) in [5, 5.41) is 0. The number of epoxide rings is 2. The van der Waals surface area contributed by atoms with Gasteiger partial charge in [-0.15, -0.1) is 6.58 Å². The van der Waals surface area contributed by atoms with Crippen molar-refractivity contribution in [1.82, 2.24) is 0 Å². The van der Waals surface area contributed by atoms with E-state index in [2.05, 4.69) is 6.58 Å². The summed E-state index contributed by atoms with van der Waals surface area (Å²) >= 11 is 0. The molecular formula is C12H22O4. The van der Waals surface area contributed by atoms with Gasteiger partial charge in [-0.1, -0.05) is 6.08 Å². The fourth-order valence-corrected chi connectivity index (χ4v) is 1.01. The molecule has 2 aliphatic rings. The summed E-state index contributed by atoms with van der Waals surface area (Å²) in [6.45, 7) is 11.0. The molecule has 4 nitrogen and oxygen atoms in total. The first kappa shape index (κ1) is 13.6. The largest absolute Gasteiger partial charge is 0.376 e. The summed E-state index contributed by atoms with van der Waals surface area (Å²) in [7, 11) is 0. The van der Waals surface area contributed by atoms with Crippen molar-refractivity contribution in [2.75, 3.05) is 33.0 Å². The van der Waals surface area contributed by atoms with Gasteiger partial charge in [-0.2, -0.15) is 0 Å². The normalized spacial score (nSPS) is 27.6. The highest BCUT2D eigenvalue weighted by Crippen LogP contribution is 2.11. The second-order valence-electron chi connectivity index (χ2n) is 4.00. The van der Waals surface area contributed by atoms with Gasteiger partial charge < -0.3 is 18.9 Å². The Bertz CT molecular complexity index is 187. The molecule has 0 N–H and O–H groups in total. The number of hydrogen-bond acceptors (Lipinski definition) is 4. The minimum absolute atomic E-state index is 0.156. The topological polar surface area (TPSA) is 43.5 Å². The average molecular weight is 230 g/mol. The molecule has 2 heterocycles. The van der Waals surface area contributed by atoms with Gasteiger partial charge in [0.1, 0.15) is 12.2 Å². The van der Waals surface area contributed by atoms with Gasteiger partial charge in [0.05, 0.1) is 39.1 Å². The molecule has 2 saturated heterocycles. The number of allylic oxidation sites excluding steroid dienone is 1.